The fourth-order valence-corrected chi connectivity index (χ4v) is 1.59. The molecule has 7 heteroatoms. The van der Waals surface area contributed by atoms with Gasteiger partial charge in [-0.25, -0.2) is 14.2 Å². The van der Waals surface area contributed by atoms with Gasteiger partial charge in [0.1, 0.15) is 0 Å². The molecule has 0 aliphatic heterocycles. The molecule has 0 bridgehead atoms. The lowest BCUT2D eigenvalue weighted by Gasteiger charge is -2.07. The number of halogens is 1. The largest absolute Gasteiger partial charge is 0.461 e. The van der Waals surface area contributed by atoms with E-state index in [4.69, 9.17) is 10.5 Å². The average Bonchev–Trinajstić information content (AvgIpc) is 2.78. The molecule has 2 heterocycles. The summed E-state index contributed by atoms with van der Waals surface area (Å²) in [6, 6.07) is 1.48. The summed E-state index contributed by atoms with van der Waals surface area (Å²) in [4.78, 5) is 15.2. The Morgan fingerprint density at radius 3 is 3.00 bits per heavy atom. The highest BCUT2D eigenvalue weighted by atomic mass is 19.1. The molecule has 0 saturated carbocycles. The van der Waals surface area contributed by atoms with Gasteiger partial charge in [-0.15, -0.1) is 0 Å². The third-order valence-corrected chi connectivity index (χ3v) is 2.42. The molecule has 0 spiro atoms. The fraction of sp³-hybridized carbons (Fsp3) is 0.250. The third kappa shape index (κ3) is 2.87. The van der Waals surface area contributed by atoms with Crippen molar-refractivity contribution >= 4 is 11.7 Å². The Bertz CT molecular complexity index is 597. The summed E-state index contributed by atoms with van der Waals surface area (Å²) in [6.45, 7) is 1.98. The van der Waals surface area contributed by atoms with Crippen LogP contribution in [0.2, 0.25) is 0 Å². The molecule has 2 rings (SSSR count). The monoisotopic (exact) mass is 264 g/mol. The summed E-state index contributed by atoms with van der Waals surface area (Å²) >= 11 is 0. The van der Waals surface area contributed by atoms with Gasteiger partial charge in [0.15, 0.2) is 11.5 Å². The van der Waals surface area contributed by atoms with Crippen LogP contribution < -0.4 is 5.73 Å². The van der Waals surface area contributed by atoms with Gasteiger partial charge >= 0.3 is 5.97 Å². The average molecular weight is 264 g/mol. The SMILES string of the molecule is CCOC(=O)c1nccc(Cn2cc(N)cn2)c1F. The lowest BCUT2D eigenvalue weighted by atomic mass is 10.2. The first-order valence-electron chi connectivity index (χ1n) is 5.70. The molecule has 19 heavy (non-hydrogen) atoms. The molecular weight excluding hydrogens is 251 g/mol. The first-order valence-corrected chi connectivity index (χ1v) is 5.70. The molecular formula is C12H13FN4O2. The molecule has 100 valence electrons. The van der Waals surface area contributed by atoms with Crippen LogP contribution in [0.3, 0.4) is 0 Å². The maximum atomic E-state index is 14.1. The predicted octanol–water partition coefficient (Wildman–Crippen LogP) is 1.22. The van der Waals surface area contributed by atoms with Gasteiger partial charge in [-0.2, -0.15) is 5.10 Å². The number of esters is 1. The van der Waals surface area contributed by atoms with Gasteiger partial charge in [-0.3, -0.25) is 4.68 Å². The zero-order valence-electron chi connectivity index (χ0n) is 10.3. The predicted molar refractivity (Wildman–Crippen MR) is 65.9 cm³/mol. The lowest BCUT2D eigenvalue weighted by molar-refractivity contribution is 0.0513. The molecule has 0 aliphatic carbocycles. The van der Waals surface area contributed by atoms with E-state index in [2.05, 4.69) is 10.1 Å². The number of nitrogens with zero attached hydrogens (tertiary/aromatic N) is 3. The van der Waals surface area contributed by atoms with E-state index in [0.717, 1.165) is 0 Å². The van der Waals surface area contributed by atoms with Crippen molar-refractivity contribution in [3.8, 4) is 0 Å². The van der Waals surface area contributed by atoms with E-state index in [9.17, 15) is 9.18 Å². The number of carbonyl (C=O) groups excluding carboxylic acids is 1. The standard InChI is InChI=1S/C12H13FN4O2/c1-2-19-12(18)11-10(13)8(3-4-15-11)6-17-7-9(14)5-16-17/h3-5,7H,2,6,14H2,1H3. The van der Waals surface area contributed by atoms with Crippen LogP contribution in [-0.2, 0) is 11.3 Å². The Balaban J connectivity index is 2.27. The van der Waals surface area contributed by atoms with E-state index in [1.807, 2.05) is 0 Å². The van der Waals surface area contributed by atoms with Crippen molar-refractivity contribution in [3.05, 3.63) is 41.7 Å². The molecule has 0 amide bonds. The zero-order valence-corrected chi connectivity index (χ0v) is 10.3. The molecule has 0 atom stereocenters. The number of aromatic nitrogens is 3. The van der Waals surface area contributed by atoms with Gasteiger partial charge in [0, 0.05) is 18.0 Å². The molecule has 2 aromatic heterocycles. The van der Waals surface area contributed by atoms with Crippen LogP contribution in [-0.4, -0.2) is 27.3 Å². The molecule has 0 unspecified atom stereocenters. The number of hydrogen-bond donors (Lipinski definition) is 1. The molecule has 2 N–H and O–H groups in total. The van der Waals surface area contributed by atoms with Crippen molar-refractivity contribution in [2.75, 3.05) is 12.3 Å². The van der Waals surface area contributed by atoms with Crippen molar-refractivity contribution in [1.82, 2.24) is 14.8 Å². The Hall–Kier alpha value is -2.44. The fourth-order valence-electron chi connectivity index (χ4n) is 1.59. The van der Waals surface area contributed by atoms with Crippen LogP contribution >= 0.6 is 0 Å². The van der Waals surface area contributed by atoms with E-state index in [0.29, 0.717) is 11.3 Å². The number of rotatable bonds is 4. The highest BCUT2D eigenvalue weighted by Crippen LogP contribution is 2.13. The lowest BCUT2D eigenvalue weighted by Crippen LogP contribution is -2.13. The summed E-state index contributed by atoms with van der Waals surface area (Å²) in [7, 11) is 0. The van der Waals surface area contributed by atoms with E-state index in [1.165, 1.54) is 23.1 Å². The number of carbonyl (C=O) groups is 1. The van der Waals surface area contributed by atoms with Crippen LogP contribution in [0.15, 0.2) is 24.7 Å². The third-order valence-electron chi connectivity index (χ3n) is 2.42. The number of hydrogen-bond acceptors (Lipinski definition) is 5. The van der Waals surface area contributed by atoms with Gasteiger partial charge < -0.3 is 10.5 Å². The van der Waals surface area contributed by atoms with Crippen LogP contribution in [0.4, 0.5) is 10.1 Å². The molecule has 0 radical (unpaired) electrons. The van der Waals surface area contributed by atoms with E-state index < -0.39 is 11.8 Å². The highest BCUT2D eigenvalue weighted by Gasteiger charge is 2.18. The first kappa shape index (κ1) is 13.0. The molecule has 0 aromatic carbocycles. The van der Waals surface area contributed by atoms with Gasteiger partial charge in [-0.05, 0) is 13.0 Å². The number of pyridine rings is 1. The minimum Gasteiger partial charge on any atom is -0.461 e. The van der Waals surface area contributed by atoms with Crippen molar-refractivity contribution < 1.29 is 13.9 Å². The Kier molecular flexibility index (Phi) is 3.74. The van der Waals surface area contributed by atoms with Crippen LogP contribution in [0.5, 0.6) is 0 Å². The number of anilines is 1. The topological polar surface area (TPSA) is 83.0 Å². The summed E-state index contributed by atoms with van der Waals surface area (Å²) in [6.07, 6.45) is 4.40. The minimum absolute atomic E-state index is 0.165. The van der Waals surface area contributed by atoms with Crippen LogP contribution in [0.1, 0.15) is 23.0 Å². The van der Waals surface area contributed by atoms with Gasteiger partial charge in [0.05, 0.1) is 25.0 Å². The maximum absolute atomic E-state index is 14.1. The molecule has 0 fully saturated rings. The van der Waals surface area contributed by atoms with Crippen molar-refractivity contribution in [3.63, 3.8) is 0 Å². The smallest absolute Gasteiger partial charge is 0.360 e. The quantitative estimate of drug-likeness (QED) is 0.839. The van der Waals surface area contributed by atoms with Gasteiger partial charge in [0.25, 0.3) is 0 Å². The Morgan fingerprint density at radius 1 is 1.58 bits per heavy atom. The molecule has 0 saturated heterocycles. The molecule has 0 aliphatic rings. The summed E-state index contributed by atoms with van der Waals surface area (Å²) < 4.78 is 20.3. The highest BCUT2D eigenvalue weighted by molar-refractivity contribution is 5.87. The summed E-state index contributed by atoms with van der Waals surface area (Å²) in [5.41, 5.74) is 5.98. The van der Waals surface area contributed by atoms with Crippen LogP contribution in [0, 0.1) is 5.82 Å². The van der Waals surface area contributed by atoms with Crippen LogP contribution in [0.25, 0.3) is 0 Å². The van der Waals surface area contributed by atoms with Gasteiger partial charge in [0.2, 0.25) is 0 Å². The number of nitrogen functional groups attached to an aromatic ring is 1. The van der Waals surface area contributed by atoms with Crippen molar-refractivity contribution in [1.29, 1.82) is 0 Å². The zero-order chi connectivity index (χ0) is 13.8. The minimum atomic E-state index is -0.776. The van der Waals surface area contributed by atoms with Crippen molar-refractivity contribution in [2.24, 2.45) is 0 Å². The second-order valence-corrected chi connectivity index (χ2v) is 3.82. The second-order valence-electron chi connectivity index (χ2n) is 3.82. The molecule has 2 aromatic rings. The number of nitrogens with two attached hydrogens (primary N) is 1. The normalized spacial score (nSPS) is 10.4. The summed E-state index contributed by atoms with van der Waals surface area (Å²) in [5.74, 6) is -1.48. The Labute approximate surface area is 109 Å². The maximum Gasteiger partial charge on any atom is 0.360 e. The van der Waals surface area contributed by atoms with E-state index >= 15 is 0 Å². The molecule has 6 nitrogen and oxygen atoms in total. The first-order chi connectivity index (χ1) is 9.11. The Morgan fingerprint density at radius 2 is 2.37 bits per heavy atom. The van der Waals surface area contributed by atoms with E-state index in [1.54, 1.807) is 13.1 Å². The van der Waals surface area contributed by atoms with Crippen molar-refractivity contribution in [2.45, 2.75) is 13.5 Å². The van der Waals surface area contributed by atoms with E-state index in [-0.39, 0.29) is 18.8 Å². The summed E-state index contributed by atoms with van der Waals surface area (Å²) in [5, 5.41) is 3.95. The number of ether oxygens (including phenoxy) is 1. The van der Waals surface area contributed by atoms with Gasteiger partial charge in [-0.1, -0.05) is 0 Å². The second kappa shape index (κ2) is 5.47.